The molecule has 0 aliphatic rings. The molecule has 1 amide bonds. The number of benzene rings is 1. The minimum absolute atomic E-state index is 0.146. The molecule has 1 aromatic heterocycles. The highest BCUT2D eigenvalue weighted by Gasteiger charge is 2.09. The number of aryl methyl sites for hydroxylation is 1. The number of hydrogen-bond acceptors (Lipinski definition) is 3. The van der Waals surface area contributed by atoms with Crippen molar-refractivity contribution >= 4 is 33.3 Å². The van der Waals surface area contributed by atoms with Crippen LogP contribution in [0.1, 0.15) is 23.0 Å². The Morgan fingerprint density at radius 2 is 2.10 bits per heavy atom. The summed E-state index contributed by atoms with van der Waals surface area (Å²) in [5, 5.41) is 5.99. The lowest BCUT2D eigenvalue weighted by atomic mass is 10.2. The Morgan fingerprint density at radius 1 is 1.30 bits per heavy atom. The first-order valence-electron chi connectivity index (χ1n) is 6.38. The summed E-state index contributed by atoms with van der Waals surface area (Å²) in [7, 11) is 0. The molecular weight excluding hydrogens is 318 g/mol. The van der Waals surface area contributed by atoms with Crippen LogP contribution >= 0.6 is 15.9 Å². The van der Waals surface area contributed by atoms with Crippen LogP contribution in [-0.4, -0.2) is 17.4 Å². The normalized spacial score (nSPS) is 10.2. The van der Waals surface area contributed by atoms with Crippen LogP contribution in [0.25, 0.3) is 0 Å². The van der Waals surface area contributed by atoms with Crippen LogP contribution in [0.2, 0.25) is 0 Å². The fraction of sp³-hybridized carbons (Fsp3) is 0.200. The van der Waals surface area contributed by atoms with Crippen molar-refractivity contribution in [2.24, 2.45) is 0 Å². The van der Waals surface area contributed by atoms with Crippen LogP contribution in [0.3, 0.4) is 0 Å². The third-order valence-electron chi connectivity index (χ3n) is 2.66. The Labute approximate surface area is 126 Å². The molecule has 20 heavy (non-hydrogen) atoms. The molecule has 1 aromatic carbocycles. The number of hydrogen-bond donors (Lipinski definition) is 2. The van der Waals surface area contributed by atoms with Gasteiger partial charge in [-0.25, -0.2) is 4.98 Å². The standard InChI is InChI=1S/C15H16BrN3O/c1-3-17-14-8-11(7-10(2)18-14)15(20)19-13-6-4-5-12(16)9-13/h4-9H,3H2,1-2H3,(H,17,18)(H,19,20). The molecule has 0 atom stereocenters. The van der Waals surface area contributed by atoms with Gasteiger partial charge in [-0.1, -0.05) is 22.0 Å². The van der Waals surface area contributed by atoms with E-state index in [2.05, 4.69) is 31.5 Å². The zero-order valence-electron chi connectivity index (χ0n) is 11.4. The van der Waals surface area contributed by atoms with Gasteiger partial charge in [-0.3, -0.25) is 4.79 Å². The van der Waals surface area contributed by atoms with E-state index in [1.807, 2.05) is 38.1 Å². The second kappa shape index (κ2) is 6.52. The third kappa shape index (κ3) is 3.81. The average Bonchev–Trinajstić information content (AvgIpc) is 2.38. The number of nitrogens with one attached hydrogen (secondary N) is 2. The van der Waals surface area contributed by atoms with Crippen molar-refractivity contribution in [1.82, 2.24) is 4.98 Å². The summed E-state index contributed by atoms with van der Waals surface area (Å²) in [5.74, 6) is 0.569. The van der Waals surface area contributed by atoms with Crippen LogP contribution in [0.15, 0.2) is 40.9 Å². The van der Waals surface area contributed by atoms with Gasteiger partial charge in [-0.2, -0.15) is 0 Å². The number of pyridine rings is 1. The molecule has 104 valence electrons. The van der Waals surface area contributed by atoms with Gasteiger partial charge in [0, 0.05) is 28.0 Å². The van der Waals surface area contributed by atoms with Crippen molar-refractivity contribution in [3.63, 3.8) is 0 Å². The first-order valence-corrected chi connectivity index (χ1v) is 7.17. The SMILES string of the molecule is CCNc1cc(C(=O)Nc2cccc(Br)c2)cc(C)n1. The van der Waals surface area contributed by atoms with Gasteiger partial charge < -0.3 is 10.6 Å². The predicted octanol–water partition coefficient (Wildman–Crippen LogP) is 3.84. The summed E-state index contributed by atoms with van der Waals surface area (Å²) in [6, 6.07) is 11.0. The maximum atomic E-state index is 12.3. The van der Waals surface area contributed by atoms with E-state index < -0.39 is 0 Å². The highest BCUT2D eigenvalue weighted by Crippen LogP contribution is 2.17. The molecule has 2 rings (SSSR count). The lowest BCUT2D eigenvalue weighted by Gasteiger charge is -2.09. The Hall–Kier alpha value is -1.88. The predicted molar refractivity (Wildman–Crippen MR) is 85.2 cm³/mol. The van der Waals surface area contributed by atoms with E-state index in [4.69, 9.17) is 0 Å². The first-order chi connectivity index (χ1) is 9.58. The summed E-state index contributed by atoms with van der Waals surface area (Å²) < 4.78 is 0.926. The van der Waals surface area contributed by atoms with E-state index in [0.717, 1.165) is 22.4 Å². The molecule has 5 heteroatoms. The van der Waals surface area contributed by atoms with E-state index in [9.17, 15) is 4.79 Å². The van der Waals surface area contributed by atoms with Crippen molar-refractivity contribution in [3.8, 4) is 0 Å². The van der Waals surface area contributed by atoms with Crippen molar-refractivity contribution < 1.29 is 4.79 Å². The van der Waals surface area contributed by atoms with Crippen LogP contribution < -0.4 is 10.6 Å². The number of halogens is 1. The summed E-state index contributed by atoms with van der Waals surface area (Å²) in [6.45, 7) is 4.63. The second-order valence-corrected chi connectivity index (χ2v) is 5.29. The number of nitrogens with zero attached hydrogens (tertiary/aromatic N) is 1. The lowest BCUT2D eigenvalue weighted by Crippen LogP contribution is -2.13. The topological polar surface area (TPSA) is 54.0 Å². The molecule has 0 saturated carbocycles. The minimum atomic E-state index is -0.146. The third-order valence-corrected chi connectivity index (χ3v) is 3.15. The zero-order chi connectivity index (χ0) is 14.5. The molecule has 2 aromatic rings. The zero-order valence-corrected chi connectivity index (χ0v) is 13.0. The molecule has 0 saturated heterocycles. The maximum absolute atomic E-state index is 12.3. The van der Waals surface area contributed by atoms with Gasteiger partial charge in [0.15, 0.2) is 0 Å². The van der Waals surface area contributed by atoms with Crippen LogP contribution in [0.4, 0.5) is 11.5 Å². The fourth-order valence-corrected chi connectivity index (χ4v) is 2.24. The molecule has 4 nitrogen and oxygen atoms in total. The van der Waals surface area contributed by atoms with Gasteiger partial charge in [0.1, 0.15) is 5.82 Å². The number of rotatable bonds is 4. The van der Waals surface area contributed by atoms with Crippen LogP contribution in [0, 0.1) is 6.92 Å². The molecule has 0 bridgehead atoms. The van der Waals surface area contributed by atoms with Gasteiger partial charge in [0.25, 0.3) is 5.91 Å². The molecule has 0 spiro atoms. The van der Waals surface area contributed by atoms with Crippen molar-refractivity contribution in [2.45, 2.75) is 13.8 Å². The van der Waals surface area contributed by atoms with Crippen LogP contribution in [-0.2, 0) is 0 Å². The molecule has 0 aliphatic carbocycles. The largest absolute Gasteiger partial charge is 0.370 e. The number of aromatic nitrogens is 1. The van der Waals surface area contributed by atoms with Crippen LogP contribution in [0.5, 0.6) is 0 Å². The Kier molecular flexibility index (Phi) is 4.74. The van der Waals surface area contributed by atoms with Crippen molar-refractivity contribution in [2.75, 3.05) is 17.2 Å². The summed E-state index contributed by atoms with van der Waals surface area (Å²) in [4.78, 5) is 16.6. The second-order valence-electron chi connectivity index (χ2n) is 4.38. The Balaban J connectivity index is 2.20. The molecule has 2 N–H and O–H groups in total. The Bertz CT molecular complexity index is 628. The van der Waals surface area contributed by atoms with Gasteiger partial charge in [0.2, 0.25) is 0 Å². The Morgan fingerprint density at radius 3 is 2.80 bits per heavy atom. The fourth-order valence-electron chi connectivity index (χ4n) is 1.84. The van der Waals surface area contributed by atoms with Gasteiger partial charge in [-0.05, 0) is 44.2 Å². The smallest absolute Gasteiger partial charge is 0.255 e. The molecule has 0 aliphatic heterocycles. The summed E-state index contributed by atoms with van der Waals surface area (Å²) in [5.41, 5.74) is 2.15. The molecule has 1 heterocycles. The summed E-state index contributed by atoms with van der Waals surface area (Å²) >= 11 is 3.38. The van der Waals surface area contributed by atoms with E-state index in [0.29, 0.717) is 11.4 Å². The highest BCUT2D eigenvalue weighted by molar-refractivity contribution is 9.10. The monoisotopic (exact) mass is 333 g/mol. The van der Waals surface area contributed by atoms with E-state index in [1.165, 1.54) is 0 Å². The van der Waals surface area contributed by atoms with E-state index in [-0.39, 0.29) is 5.91 Å². The molecular formula is C15H16BrN3O. The van der Waals surface area contributed by atoms with Gasteiger partial charge >= 0.3 is 0 Å². The summed E-state index contributed by atoms with van der Waals surface area (Å²) in [6.07, 6.45) is 0. The molecule has 0 fully saturated rings. The van der Waals surface area contributed by atoms with E-state index in [1.54, 1.807) is 12.1 Å². The van der Waals surface area contributed by atoms with Crippen molar-refractivity contribution in [3.05, 3.63) is 52.1 Å². The number of carbonyl (C=O) groups excluding carboxylic acids is 1. The molecule has 0 radical (unpaired) electrons. The lowest BCUT2D eigenvalue weighted by molar-refractivity contribution is 0.102. The number of carbonyl (C=O) groups is 1. The maximum Gasteiger partial charge on any atom is 0.255 e. The molecule has 0 unspecified atom stereocenters. The number of amides is 1. The quantitative estimate of drug-likeness (QED) is 0.893. The minimum Gasteiger partial charge on any atom is -0.370 e. The average molecular weight is 334 g/mol. The first kappa shape index (κ1) is 14.5. The number of anilines is 2. The van der Waals surface area contributed by atoms with Crippen molar-refractivity contribution in [1.29, 1.82) is 0 Å². The van der Waals surface area contributed by atoms with E-state index >= 15 is 0 Å². The van der Waals surface area contributed by atoms with Gasteiger partial charge in [0.05, 0.1) is 0 Å². The highest BCUT2D eigenvalue weighted by atomic mass is 79.9. The van der Waals surface area contributed by atoms with Gasteiger partial charge in [-0.15, -0.1) is 0 Å².